The number of allylic oxidation sites excluding steroid dienone is 2. The van der Waals surface area contributed by atoms with E-state index in [1.54, 1.807) is 0 Å². The first-order valence-electron chi connectivity index (χ1n) is 11.0. The van der Waals surface area contributed by atoms with Crippen LogP contribution in [0.4, 0.5) is 0 Å². The van der Waals surface area contributed by atoms with Crippen molar-refractivity contribution < 1.29 is 4.89 Å². The van der Waals surface area contributed by atoms with E-state index in [1.807, 2.05) is 0 Å². The Morgan fingerprint density at radius 3 is 1.85 bits per heavy atom. The summed E-state index contributed by atoms with van der Waals surface area (Å²) in [6, 6.07) is 0. The molecule has 0 spiro atoms. The van der Waals surface area contributed by atoms with E-state index < -0.39 is 4.67 Å². The highest BCUT2D eigenvalue weighted by Crippen LogP contribution is 2.59. The van der Waals surface area contributed by atoms with Gasteiger partial charge in [-0.3, -0.25) is 0 Å². The second kappa shape index (κ2) is 15.9. The number of hydrogen-bond donors (Lipinski definition) is 2. The molecule has 0 saturated carbocycles. The fraction of sp³-hybridized carbons (Fsp3) is 0.905. The van der Waals surface area contributed by atoms with Crippen molar-refractivity contribution in [3.8, 4) is 0 Å². The van der Waals surface area contributed by atoms with Gasteiger partial charge in [-0.25, -0.2) is 0 Å². The lowest BCUT2D eigenvalue weighted by molar-refractivity contribution is 0.543. The maximum atomic E-state index is 10.4. The van der Waals surface area contributed by atoms with E-state index in [1.165, 1.54) is 108 Å². The molecule has 1 rings (SSSR count). The topological polar surface area (TPSA) is 20.2 Å². The summed E-state index contributed by atoms with van der Waals surface area (Å²) in [6.45, 7) is 2.28. The number of thiol groups is 1. The second-order valence-electron chi connectivity index (χ2n) is 7.72. The second-order valence-corrected chi connectivity index (χ2v) is 18.9. The molecule has 0 aromatic carbocycles. The zero-order valence-electron chi connectivity index (χ0n) is 17.0. The predicted octanol–water partition coefficient (Wildman–Crippen LogP) is 8.30. The first-order chi connectivity index (χ1) is 12.6. The molecular formula is C21H42OPS3+. The van der Waals surface area contributed by atoms with Crippen molar-refractivity contribution in [3.63, 3.8) is 0 Å². The van der Waals surface area contributed by atoms with Crippen LogP contribution in [-0.4, -0.2) is 10.6 Å². The van der Waals surface area contributed by atoms with Crippen LogP contribution in [-0.2, 0) is 22.3 Å². The van der Waals surface area contributed by atoms with Crippen LogP contribution in [0, 0.1) is 0 Å². The van der Waals surface area contributed by atoms with Crippen molar-refractivity contribution in [1.82, 2.24) is 0 Å². The molecule has 0 heterocycles. The Bertz CT molecular complexity index is 419. The Kier molecular flexibility index (Phi) is 15.4. The third-order valence-electron chi connectivity index (χ3n) is 5.28. The molecule has 1 aliphatic rings. The summed E-state index contributed by atoms with van der Waals surface area (Å²) in [5.41, 5.74) is 0. The molecule has 2 unspecified atom stereocenters. The van der Waals surface area contributed by atoms with Gasteiger partial charge in [-0.2, -0.15) is 0 Å². The van der Waals surface area contributed by atoms with Crippen LogP contribution in [0.5, 0.6) is 0 Å². The van der Waals surface area contributed by atoms with E-state index in [9.17, 15) is 4.89 Å². The van der Waals surface area contributed by atoms with Crippen molar-refractivity contribution in [2.24, 2.45) is 0 Å². The summed E-state index contributed by atoms with van der Waals surface area (Å²) in [4.78, 5) is 11.8. The van der Waals surface area contributed by atoms with Gasteiger partial charge in [-0.1, -0.05) is 89.8 Å². The van der Waals surface area contributed by atoms with Crippen LogP contribution in [0.2, 0.25) is 0 Å². The highest BCUT2D eigenvalue weighted by Gasteiger charge is 2.37. The van der Waals surface area contributed by atoms with E-state index in [-0.39, 0.29) is 10.5 Å². The van der Waals surface area contributed by atoms with Crippen LogP contribution in [0.15, 0.2) is 11.0 Å². The molecule has 1 nitrogen and oxygen atoms in total. The lowest BCUT2D eigenvalue weighted by atomic mass is 10.1. The van der Waals surface area contributed by atoms with Crippen molar-refractivity contribution in [2.75, 3.05) is 5.75 Å². The molecule has 1 aliphatic carbocycles. The lowest BCUT2D eigenvalue weighted by Gasteiger charge is -2.17. The Labute approximate surface area is 176 Å². The summed E-state index contributed by atoms with van der Waals surface area (Å²) in [7, 11) is -0.137. The van der Waals surface area contributed by atoms with Crippen molar-refractivity contribution in [2.45, 2.75) is 116 Å². The molecular weight excluding hydrogens is 395 g/mol. The van der Waals surface area contributed by atoms with Gasteiger partial charge in [-0.15, -0.1) is 0 Å². The smallest absolute Gasteiger partial charge is 0.318 e. The minimum atomic E-state index is -2.44. The summed E-state index contributed by atoms with van der Waals surface area (Å²) >= 11 is 9.81. The van der Waals surface area contributed by atoms with Gasteiger partial charge in [0.05, 0.1) is 10.5 Å². The van der Waals surface area contributed by atoms with Gasteiger partial charge in [0.1, 0.15) is 10.7 Å². The largest absolute Gasteiger partial charge is 0.320 e. The molecule has 1 N–H and O–H groups in total. The lowest BCUT2D eigenvalue weighted by Crippen LogP contribution is -2.11. The van der Waals surface area contributed by atoms with Gasteiger partial charge in [0.15, 0.2) is 0 Å². The third-order valence-corrected chi connectivity index (χ3v) is 13.9. The zero-order chi connectivity index (χ0) is 19.1. The highest BCUT2D eigenvalue weighted by molar-refractivity contribution is 8.94. The molecule has 0 aromatic rings. The summed E-state index contributed by atoms with van der Waals surface area (Å²) in [5, 5.41) is 0. The van der Waals surface area contributed by atoms with Crippen LogP contribution in [0.1, 0.15) is 116 Å². The Morgan fingerprint density at radius 2 is 1.42 bits per heavy atom. The molecule has 0 aliphatic heterocycles. The van der Waals surface area contributed by atoms with E-state index in [2.05, 4.69) is 25.2 Å². The summed E-state index contributed by atoms with van der Waals surface area (Å²) in [5.74, 6) is 1.07. The average Bonchev–Trinajstić information content (AvgIpc) is 2.62. The monoisotopic (exact) mass is 437 g/mol. The van der Waals surface area contributed by atoms with Gasteiger partial charge >= 0.3 is 4.67 Å². The maximum absolute atomic E-state index is 10.4. The molecule has 0 radical (unpaired) electrons. The standard InChI is InChI=1S/C21H41OPS3/c1-2-3-4-5-6-7-8-9-10-11-12-13-17-20-26(23(22,24)25)21-18-15-14-16-19-21/h18H,2-17,19-20H2,1H3,(H-,22,24,25)/p+1. The quantitative estimate of drug-likeness (QED) is 0.110. The van der Waals surface area contributed by atoms with Crippen LogP contribution < -0.4 is 0 Å². The fourth-order valence-electron chi connectivity index (χ4n) is 3.68. The SMILES string of the molecule is CCCCCCCCCCCCCCC[S+](C1=CCCCC1)P(O)(=S)S. The van der Waals surface area contributed by atoms with Crippen LogP contribution in [0.3, 0.4) is 0 Å². The molecule has 0 saturated heterocycles. The van der Waals surface area contributed by atoms with E-state index in [4.69, 9.17) is 11.8 Å². The molecule has 5 heteroatoms. The van der Waals surface area contributed by atoms with Gasteiger partial charge in [-0.05, 0) is 50.0 Å². The summed E-state index contributed by atoms with van der Waals surface area (Å²) in [6.07, 6.45) is 25.2. The molecule has 154 valence electrons. The molecule has 26 heavy (non-hydrogen) atoms. The Balaban J connectivity index is 2.01. The molecule has 0 bridgehead atoms. The first kappa shape index (κ1) is 25.1. The number of unbranched alkanes of at least 4 members (excludes halogenated alkanes) is 12. The minimum absolute atomic E-state index is 0.137. The van der Waals surface area contributed by atoms with E-state index >= 15 is 0 Å². The van der Waals surface area contributed by atoms with Gasteiger partial charge < -0.3 is 4.89 Å². The van der Waals surface area contributed by atoms with Crippen LogP contribution in [0.25, 0.3) is 0 Å². The maximum Gasteiger partial charge on any atom is 0.318 e. The summed E-state index contributed by atoms with van der Waals surface area (Å²) < 4.78 is -2.44. The number of hydrogen-bond acceptors (Lipinski definition) is 1. The number of rotatable bonds is 16. The molecule has 0 aromatic heterocycles. The fourth-order valence-corrected chi connectivity index (χ4v) is 11.4. The third kappa shape index (κ3) is 12.5. The Hall–Kier alpha value is 1.05. The van der Waals surface area contributed by atoms with E-state index in [0.717, 1.165) is 12.2 Å². The zero-order valence-corrected chi connectivity index (χ0v) is 20.4. The first-order valence-corrected chi connectivity index (χ1v) is 16.9. The normalized spacial score (nSPS) is 18.3. The average molecular weight is 438 g/mol. The highest BCUT2D eigenvalue weighted by atomic mass is 33.2. The van der Waals surface area contributed by atoms with Crippen molar-refractivity contribution in [3.05, 3.63) is 11.0 Å². The van der Waals surface area contributed by atoms with Crippen LogP contribution >= 0.6 is 16.9 Å². The molecule has 0 amide bonds. The molecule has 0 fully saturated rings. The van der Waals surface area contributed by atoms with Crippen molar-refractivity contribution in [1.29, 1.82) is 0 Å². The Morgan fingerprint density at radius 1 is 0.923 bits per heavy atom. The van der Waals surface area contributed by atoms with Gasteiger partial charge in [0, 0.05) is 6.42 Å². The predicted molar refractivity (Wildman–Crippen MR) is 130 cm³/mol. The minimum Gasteiger partial charge on any atom is -0.320 e. The van der Waals surface area contributed by atoms with Crippen molar-refractivity contribution >= 4 is 39.2 Å². The molecule has 2 atom stereocenters. The van der Waals surface area contributed by atoms with Gasteiger partial charge in [0.2, 0.25) is 0 Å². The van der Waals surface area contributed by atoms with E-state index in [0.29, 0.717) is 0 Å². The van der Waals surface area contributed by atoms with Gasteiger partial charge in [0.25, 0.3) is 0 Å².